The topological polar surface area (TPSA) is 30.5 Å². The molecule has 3 fully saturated rings. The van der Waals surface area contributed by atoms with Crippen molar-refractivity contribution in [2.45, 2.75) is 31.8 Å². The monoisotopic (exact) mass is 206 g/mol. The average molecular weight is 206 g/mol. The first-order valence-electron chi connectivity index (χ1n) is 6.16. The first kappa shape index (κ1) is 8.56. The highest BCUT2D eigenvalue weighted by molar-refractivity contribution is 5.04. The largest absolute Gasteiger partial charge is 0.282 e. The minimum absolute atomic E-state index is 0.565. The van der Waals surface area contributed by atoms with Crippen LogP contribution >= 0.6 is 0 Å². The van der Waals surface area contributed by atoms with E-state index in [1.807, 2.05) is 0 Å². The maximum Gasteiger partial charge on any atom is 0.115 e. The van der Waals surface area contributed by atoms with Crippen molar-refractivity contribution in [1.82, 2.24) is 21.1 Å². The normalized spacial score (nSPS) is 48.1. The molecule has 3 aliphatic heterocycles. The molecule has 4 aliphatic rings. The van der Waals surface area contributed by atoms with Crippen LogP contribution < -0.4 is 11.1 Å². The Morgan fingerprint density at radius 3 is 3.00 bits per heavy atom. The van der Waals surface area contributed by atoms with Gasteiger partial charge in [-0.1, -0.05) is 6.08 Å². The summed E-state index contributed by atoms with van der Waals surface area (Å²) >= 11 is 0. The van der Waals surface area contributed by atoms with Crippen LogP contribution in [0.25, 0.3) is 0 Å². The molecule has 4 nitrogen and oxygen atoms in total. The van der Waals surface area contributed by atoms with E-state index in [0.29, 0.717) is 6.17 Å². The molecule has 15 heavy (non-hydrogen) atoms. The lowest BCUT2D eigenvalue weighted by atomic mass is 9.81. The Kier molecular flexibility index (Phi) is 1.69. The smallest absolute Gasteiger partial charge is 0.115 e. The quantitative estimate of drug-likeness (QED) is 0.614. The van der Waals surface area contributed by atoms with Gasteiger partial charge in [0.05, 0.1) is 0 Å². The molecule has 0 aromatic rings. The third-order valence-electron chi connectivity index (χ3n) is 4.71. The van der Waals surface area contributed by atoms with Gasteiger partial charge in [0.1, 0.15) is 6.17 Å². The molecule has 0 amide bonds. The summed E-state index contributed by atoms with van der Waals surface area (Å²) in [6, 6.07) is 0. The van der Waals surface area contributed by atoms with Crippen LogP contribution in [0.15, 0.2) is 12.3 Å². The zero-order valence-electron chi connectivity index (χ0n) is 8.89. The minimum atomic E-state index is 0.565. The molecule has 2 N–H and O–H groups in total. The Morgan fingerprint density at radius 2 is 2.00 bits per heavy atom. The van der Waals surface area contributed by atoms with Gasteiger partial charge >= 0.3 is 0 Å². The van der Waals surface area contributed by atoms with Gasteiger partial charge in [0.25, 0.3) is 0 Å². The number of allylic oxidation sites excluding steroid dienone is 1. The molecule has 0 spiro atoms. The molecule has 82 valence electrons. The van der Waals surface area contributed by atoms with Crippen molar-refractivity contribution in [1.29, 1.82) is 0 Å². The van der Waals surface area contributed by atoms with Gasteiger partial charge in [0.2, 0.25) is 0 Å². The molecule has 1 aliphatic carbocycles. The van der Waals surface area contributed by atoms with Crippen molar-refractivity contribution in [3.05, 3.63) is 12.3 Å². The molecule has 0 aromatic carbocycles. The molecular formula is C11H18N4. The van der Waals surface area contributed by atoms with E-state index >= 15 is 0 Å². The SMILES string of the molecule is C1=CN2NNN3CCC4CCC(C1)C4C23. The fourth-order valence-electron chi connectivity index (χ4n) is 4.06. The van der Waals surface area contributed by atoms with Crippen molar-refractivity contribution in [3.8, 4) is 0 Å². The summed E-state index contributed by atoms with van der Waals surface area (Å²) in [5.41, 5.74) is 6.55. The molecular weight excluding hydrogens is 188 g/mol. The van der Waals surface area contributed by atoms with Crippen LogP contribution in [0, 0.1) is 17.8 Å². The van der Waals surface area contributed by atoms with E-state index in [2.05, 4.69) is 33.4 Å². The van der Waals surface area contributed by atoms with Crippen LogP contribution in [0.1, 0.15) is 25.7 Å². The van der Waals surface area contributed by atoms with E-state index in [1.54, 1.807) is 0 Å². The molecule has 1 saturated carbocycles. The van der Waals surface area contributed by atoms with E-state index in [1.165, 1.54) is 32.2 Å². The lowest BCUT2D eigenvalue weighted by Gasteiger charge is -2.40. The summed E-state index contributed by atoms with van der Waals surface area (Å²) in [5, 5.41) is 4.65. The molecule has 4 rings (SSSR count). The lowest BCUT2D eigenvalue weighted by molar-refractivity contribution is 0.00578. The molecule has 0 radical (unpaired) electrons. The highest BCUT2D eigenvalue weighted by Crippen LogP contribution is 2.48. The van der Waals surface area contributed by atoms with Gasteiger partial charge in [-0.3, -0.25) is 5.01 Å². The van der Waals surface area contributed by atoms with Gasteiger partial charge in [0, 0.05) is 18.7 Å². The molecule has 4 atom stereocenters. The number of hydrogen-bond donors (Lipinski definition) is 2. The van der Waals surface area contributed by atoms with E-state index in [0.717, 1.165) is 17.8 Å². The zero-order valence-corrected chi connectivity index (χ0v) is 8.89. The first-order valence-corrected chi connectivity index (χ1v) is 6.16. The Balaban J connectivity index is 1.76. The van der Waals surface area contributed by atoms with Crippen molar-refractivity contribution in [3.63, 3.8) is 0 Å². The zero-order chi connectivity index (χ0) is 9.83. The Hall–Kier alpha value is -0.580. The molecule has 3 heterocycles. The van der Waals surface area contributed by atoms with E-state index in [4.69, 9.17) is 0 Å². The Labute approximate surface area is 90.2 Å². The standard InChI is InChI=1S/C11H18N4/c1-2-8-3-4-9-5-7-15-11(10(8)9)14(6-1)12-13-15/h1,6,8-13H,2-5,7H2. The fraction of sp³-hybridized carbons (Fsp3) is 0.818. The Bertz CT molecular complexity index is 303. The van der Waals surface area contributed by atoms with Gasteiger partial charge in [-0.15, -0.1) is 0 Å². The highest BCUT2D eigenvalue weighted by Gasteiger charge is 2.50. The summed E-state index contributed by atoms with van der Waals surface area (Å²) in [4.78, 5) is 0. The van der Waals surface area contributed by atoms with Crippen LogP contribution in [0.2, 0.25) is 0 Å². The van der Waals surface area contributed by atoms with Crippen LogP contribution in [-0.4, -0.2) is 22.7 Å². The van der Waals surface area contributed by atoms with Gasteiger partial charge in [-0.05, 0) is 37.5 Å². The maximum atomic E-state index is 3.28. The van der Waals surface area contributed by atoms with Gasteiger partial charge in [0.15, 0.2) is 0 Å². The third kappa shape index (κ3) is 1.07. The minimum Gasteiger partial charge on any atom is -0.282 e. The number of hydrogen-bond acceptors (Lipinski definition) is 4. The van der Waals surface area contributed by atoms with E-state index in [9.17, 15) is 0 Å². The van der Waals surface area contributed by atoms with Crippen LogP contribution in [0.4, 0.5) is 0 Å². The summed E-state index contributed by atoms with van der Waals surface area (Å²) in [6.07, 6.45) is 10.7. The van der Waals surface area contributed by atoms with Crippen LogP contribution in [-0.2, 0) is 0 Å². The summed E-state index contributed by atoms with van der Waals surface area (Å²) < 4.78 is 0. The highest BCUT2D eigenvalue weighted by atomic mass is 15.9. The summed E-state index contributed by atoms with van der Waals surface area (Å²) in [7, 11) is 0. The molecule has 0 aromatic heterocycles. The van der Waals surface area contributed by atoms with Gasteiger partial charge in [-0.25, -0.2) is 5.01 Å². The summed E-state index contributed by atoms with van der Waals surface area (Å²) in [6.45, 7) is 1.19. The second-order valence-corrected chi connectivity index (χ2v) is 5.32. The predicted octanol–water partition coefficient (Wildman–Crippen LogP) is 0.818. The maximum absolute atomic E-state index is 3.28. The molecule has 4 unspecified atom stereocenters. The third-order valence-corrected chi connectivity index (χ3v) is 4.71. The predicted molar refractivity (Wildman–Crippen MR) is 56.7 cm³/mol. The molecule has 4 heteroatoms. The summed E-state index contributed by atoms with van der Waals surface area (Å²) in [5.74, 6) is 2.77. The van der Waals surface area contributed by atoms with E-state index in [-0.39, 0.29) is 0 Å². The number of hydrazine groups is 3. The van der Waals surface area contributed by atoms with Gasteiger partial charge < -0.3 is 0 Å². The number of rotatable bonds is 0. The Morgan fingerprint density at radius 1 is 1.07 bits per heavy atom. The molecule has 0 bridgehead atoms. The second kappa shape index (κ2) is 2.97. The first-order chi connectivity index (χ1) is 7.43. The average Bonchev–Trinajstić information content (AvgIpc) is 2.78. The van der Waals surface area contributed by atoms with Crippen LogP contribution in [0.3, 0.4) is 0 Å². The number of nitrogens with zero attached hydrogens (tertiary/aromatic N) is 2. The number of piperidine rings is 1. The van der Waals surface area contributed by atoms with Crippen molar-refractivity contribution in [2.24, 2.45) is 17.8 Å². The van der Waals surface area contributed by atoms with Crippen molar-refractivity contribution in [2.75, 3.05) is 6.54 Å². The fourth-order valence-corrected chi connectivity index (χ4v) is 4.06. The lowest BCUT2D eigenvalue weighted by Crippen LogP contribution is -2.51. The van der Waals surface area contributed by atoms with Crippen molar-refractivity contribution < 1.29 is 0 Å². The van der Waals surface area contributed by atoms with E-state index < -0.39 is 0 Å². The molecule has 2 saturated heterocycles. The number of nitrogens with one attached hydrogen (secondary N) is 2. The van der Waals surface area contributed by atoms with Gasteiger partial charge in [-0.2, -0.15) is 11.1 Å². The van der Waals surface area contributed by atoms with Crippen LogP contribution in [0.5, 0.6) is 0 Å². The van der Waals surface area contributed by atoms with Crippen molar-refractivity contribution >= 4 is 0 Å². The second-order valence-electron chi connectivity index (χ2n) is 5.32.